The molecule has 5 aromatic rings. The summed E-state index contributed by atoms with van der Waals surface area (Å²) in [6, 6.07) is 26.1. The molecule has 0 amide bonds. The molecule has 0 spiro atoms. The summed E-state index contributed by atoms with van der Waals surface area (Å²) in [5.74, 6) is 1.28. The van der Waals surface area contributed by atoms with Gasteiger partial charge in [0, 0.05) is 36.5 Å². The third-order valence-corrected chi connectivity index (χ3v) is 5.93. The van der Waals surface area contributed by atoms with E-state index in [0.717, 1.165) is 39.0 Å². The van der Waals surface area contributed by atoms with Crippen LogP contribution < -0.4 is 10.1 Å². The van der Waals surface area contributed by atoms with E-state index in [9.17, 15) is 0 Å². The number of aliphatic hydroxyl groups is 1. The Morgan fingerprint density at radius 1 is 0.943 bits per heavy atom. The molecular weight excluding hydrogens is 438 g/mol. The molecule has 6 nitrogen and oxygen atoms in total. The van der Waals surface area contributed by atoms with Crippen LogP contribution in [0.1, 0.15) is 16.8 Å². The third-order valence-electron chi connectivity index (χ3n) is 5.93. The van der Waals surface area contributed by atoms with Crippen molar-refractivity contribution >= 4 is 11.1 Å². The summed E-state index contributed by atoms with van der Waals surface area (Å²) in [4.78, 5) is 9.15. The van der Waals surface area contributed by atoms with E-state index >= 15 is 0 Å². The molecule has 176 valence electrons. The van der Waals surface area contributed by atoms with E-state index in [0.29, 0.717) is 36.9 Å². The standard InChI is InChI=1S/C29H27N3O3/c1-20-24(21-8-3-2-4-9-21)11-7-12-25(20)29-32-26-16-22(18-30-14-15-33)27(17-28(26)35-29)34-19-23-10-5-6-13-31-23/h2-13,16-17,30,33H,14-15,18-19H2,1H3. The molecule has 0 aliphatic heterocycles. The van der Waals surface area contributed by atoms with Gasteiger partial charge in [-0.3, -0.25) is 4.98 Å². The Labute approximate surface area is 204 Å². The summed E-state index contributed by atoms with van der Waals surface area (Å²) in [6.45, 7) is 3.54. The van der Waals surface area contributed by atoms with Crippen LogP contribution in [0.15, 0.2) is 89.5 Å². The summed E-state index contributed by atoms with van der Waals surface area (Å²) in [7, 11) is 0. The van der Waals surface area contributed by atoms with Crippen LogP contribution in [0.3, 0.4) is 0 Å². The molecule has 0 atom stereocenters. The quantitative estimate of drug-likeness (QED) is 0.279. The molecule has 0 radical (unpaired) electrons. The first kappa shape index (κ1) is 22.8. The fourth-order valence-corrected chi connectivity index (χ4v) is 4.12. The van der Waals surface area contributed by atoms with E-state index in [4.69, 9.17) is 19.2 Å². The molecule has 35 heavy (non-hydrogen) atoms. The van der Waals surface area contributed by atoms with Crippen molar-refractivity contribution in [3.05, 3.63) is 102 Å². The molecule has 2 N–H and O–H groups in total. The molecule has 6 heteroatoms. The van der Waals surface area contributed by atoms with Gasteiger partial charge in [0.1, 0.15) is 17.9 Å². The first-order valence-electron chi connectivity index (χ1n) is 11.7. The minimum Gasteiger partial charge on any atom is -0.487 e. The van der Waals surface area contributed by atoms with E-state index in [1.54, 1.807) is 6.20 Å². The Morgan fingerprint density at radius 2 is 1.77 bits per heavy atom. The van der Waals surface area contributed by atoms with Crippen LogP contribution in [0, 0.1) is 6.92 Å². The SMILES string of the molecule is Cc1c(-c2ccccc2)cccc1-c1nc2cc(CNCCO)c(OCc3ccccn3)cc2o1. The second kappa shape index (κ2) is 10.5. The number of fused-ring (bicyclic) bond motifs is 1. The highest BCUT2D eigenvalue weighted by Crippen LogP contribution is 2.35. The molecule has 0 saturated heterocycles. The largest absolute Gasteiger partial charge is 0.487 e. The molecule has 0 unspecified atom stereocenters. The summed E-state index contributed by atoms with van der Waals surface area (Å²) in [6.07, 6.45) is 1.75. The number of benzene rings is 3. The Kier molecular flexibility index (Phi) is 6.84. The molecule has 0 aliphatic carbocycles. The second-order valence-electron chi connectivity index (χ2n) is 8.30. The minimum atomic E-state index is 0.0670. The van der Waals surface area contributed by atoms with Gasteiger partial charge in [0.15, 0.2) is 5.58 Å². The van der Waals surface area contributed by atoms with Gasteiger partial charge in [-0.15, -0.1) is 0 Å². The normalized spacial score (nSPS) is 11.1. The highest BCUT2D eigenvalue weighted by atomic mass is 16.5. The zero-order valence-corrected chi connectivity index (χ0v) is 19.6. The van der Waals surface area contributed by atoms with Crippen LogP contribution in [-0.4, -0.2) is 28.2 Å². The van der Waals surface area contributed by atoms with Gasteiger partial charge in [0.25, 0.3) is 0 Å². The number of hydrogen-bond acceptors (Lipinski definition) is 6. The number of aromatic nitrogens is 2. The predicted octanol–water partition coefficient (Wildman–Crippen LogP) is 5.53. The molecule has 2 aromatic heterocycles. The lowest BCUT2D eigenvalue weighted by Crippen LogP contribution is -2.18. The molecule has 0 saturated carbocycles. The van der Waals surface area contributed by atoms with Crippen molar-refractivity contribution in [1.82, 2.24) is 15.3 Å². The molecular formula is C29H27N3O3. The summed E-state index contributed by atoms with van der Waals surface area (Å²) in [5, 5.41) is 12.4. The van der Waals surface area contributed by atoms with E-state index < -0.39 is 0 Å². The van der Waals surface area contributed by atoms with Crippen LogP contribution in [0.4, 0.5) is 0 Å². The topological polar surface area (TPSA) is 80.4 Å². The number of hydrogen-bond donors (Lipinski definition) is 2. The average molecular weight is 466 g/mol. The Balaban J connectivity index is 1.50. The van der Waals surface area contributed by atoms with Gasteiger partial charge in [-0.25, -0.2) is 4.98 Å². The fraction of sp³-hybridized carbons (Fsp3) is 0.172. The maximum Gasteiger partial charge on any atom is 0.227 e. The van der Waals surface area contributed by atoms with Crippen LogP contribution >= 0.6 is 0 Å². The third kappa shape index (κ3) is 5.09. The number of pyridine rings is 1. The maximum atomic E-state index is 9.17. The Morgan fingerprint density at radius 3 is 2.57 bits per heavy atom. The fourth-order valence-electron chi connectivity index (χ4n) is 4.12. The lowest BCUT2D eigenvalue weighted by molar-refractivity contribution is 0.287. The molecule has 0 bridgehead atoms. The highest BCUT2D eigenvalue weighted by molar-refractivity contribution is 5.81. The van der Waals surface area contributed by atoms with Gasteiger partial charge >= 0.3 is 0 Å². The summed E-state index contributed by atoms with van der Waals surface area (Å²) in [5.41, 5.74) is 7.58. The van der Waals surface area contributed by atoms with Gasteiger partial charge in [0.05, 0.1) is 12.3 Å². The van der Waals surface area contributed by atoms with E-state index in [1.807, 2.05) is 60.7 Å². The number of rotatable bonds is 9. The summed E-state index contributed by atoms with van der Waals surface area (Å²) < 4.78 is 12.4. The molecule has 3 aromatic carbocycles. The van der Waals surface area contributed by atoms with Crippen molar-refractivity contribution < 1.29 is 14.3 Å². The van der Waals surface area contributed by atoms with Crippen molar-refractivity contribution in [2.24, 2.45) is 0 Å². The zero-order valence-electron chi connectivity index (χ0n) is 19.6. The van der Waals surface area contributed by atoms with Crippen molar-refractivity contribution in [2.45, 2.75) is 20.1 Å². The van der Waals surface area contributed by atoms with Crippen molar-refractivity contribution in [3.63, 3.8) is 0 Å². The number of oxazole rings is 1. The zero-order chi connectivity index (χ0) is 24.0. The molecule has 0 aliphatic rings. The lowest BCUT2D eigenvalue weighted by atomic mass is 9.96. The van der Waals surface area contributed by atoms with Crippen LogP contribution in [0.2, 0.25) is 0 Å². The van der Waals surface area contributed by atoms with Gasteiger partial charge in [-0.1, -0.05) is 48.5 Å². The minimum absolute atomic E-state index is 0.0670. The van der Waals surface area contributed by atoms with Crippen molar-refractivity contribution in [1.29, 1.82) is 0 Å². The number of nitrogens with one attached hydrogen (secondary N) is 1. The smallest absolute Gasteiger partial charge is 0.227 e. The number of ether oxygens (including phenoxy) is 1. The molecule has 2 heterocycles. The average Bonchev–Trinajstić information content (AvgIpc) is 3.31. The maximum absolute atomic E-state index is 9.17. The number of nitrogens with zero attached hydrogens (tertiary/aromatic N) is 2. The Hall–Kier alpha value is -4.00. The number of aliphatic hydroxyl groups excluding tert-OH is 1. The Bertz CT molecular complexity index is 1420. The van der Waals surface area contributed by atoms with Gasteiger partial charge < -0.3 is 19.6 Å². The first-order valence-corrected chi connectivity index (χ1v) is 11.7. The first-order chi connectivity index (χ1) is 17.2. The monoisotopic (exact) mass is 465 g/mol. The van der Waals surface area contributed by atoms with Crippen LogP contribution in [-0.2, 0) is 13.2 Å². The van der Waals surface area contributed by atoms with Crippen molar-refractivity contribution in [2.75, 3.05) is 13.2 Å². The summed E-state index contributed by atoms with van der Waals surface area (Å²) >= 11 is 0. The lowest BCUT2D eigenvalue weighted by Gasteiger charge is -2.12. The van der Waals surface area contributed by atoms with E-state index in [-0.39, 0.29) is 6.61 Å². The van der Waals surface area contributed by atoms with Gasteiger partial charge in [-0.2, -0.15) is 0 Å². The molecule has 5 rings (SSSR count). The predicted molar refractivity (Wildman–Crippen MR) is 137 cm³/mol. The molecule has 0 fully saturated rings. The van der Waals surface area contributed by atoms with Gasteiger partial charge in [-0.05, 0) is 47.9 Å². The second-order valence-corrected chi connectivity index (χ2v) is 8.30. The van der Waals surface area contributed by atoms with Crippen LogP contribution in [0.25, 0.3) is 33.7 Å². The van der Waals surface area contributed by atoms with E-state index in [2.05, 4.69) is 35.4 Å². The van der Waals surface area contributed by atoms with E-state index in [1.165, 1.54) is 0 Å². The van der Waals surface area contributed by atoms with Crippen LogP contribution in [0.5, 0.6) is 5.75 Å². The van der Waals surface area contributed by atoms with Gasteiger partial charge in [0.2, 0.25) is 5.89 Å². The highest BCUT2D eigenvalue weighted by Gasteiger charge is 2.16. The van der Waals surface area contributed by atoms with Crippen molar-refractivity contribution in [3.8, 4) is 28.3 Å².